The topological polar surface area (TPSA) is 110 Å². The van der Waals surface area contributed by atoms with Gasteiger partial charge in [0, 0.05) is 37.8 Å². The number of aromatic nitrogens is 3. The zero-order valence-electron chi connectivity index (χ0n) is 23.8. The molecule has 3 aromatic heterocycles. The van der Waals surface area contributed by atoms with Gasteiger partial charge in [-0.3, -0.25) is 9.97 Å². The molecule has 0 saturated heterocycles. The summed E-state index contributed by atoms with van der Waals surface area (Å²) in [6.07, 6.45) is 12.7. The first kappa shape index (κ1) is 31.1. The summed E-state index contributed by atoms with van der Waals surface area (Å²) in [6.45, 7) is 8.96. The van der Waals surface area contributed by atoms with Crippen molar-refractivity contribution < 1.29 is 28.5 Å². The third-order valence-corrected chi connectivity index (χ3v) is 5.45. The largest absolute Gasteiger partial charge is 0.463 e. The van der Waals surface area contributed by atoms with Gasteiger partial charge in [0.25, 0.3) is 0 Å². The van der Waals surface area contributed by atoms with Crippen LogP contribution in [-0.2, 0) is 28.5 Å². The molecule has 3 aromatic rings. The van der Waals surface area contributed by atoms with Crippen LogP contribution in [0.25, 0.3) is 41.0 Å². The highest BCUT2D eigenvalue weighted by Crippen LogP contribution is 2.25. The van der Waals surface area contributed by atoms with Crippen LogP contribution in [0.4, 0.5) is 0 Å². The van der Waals surface area contributed by atoms with E-state index in [0.717, 1.165) is 16.7 Å². The average Bonchev–Trinajstić information content (AvgIpc) is 2.98. The van der Waals surface area contributed by atoms with Gasteiger partial charge in [-0.05, 0) is 99.0 Å². The number of hydrogen-bond donors (Lipinski definition) is 0. The SMILES string of the molecule is CCOC(=O)/C=C/c1ccnc(-c2cc(/C=C/C(OCC)OCC)cc(-c3cc(/C=C/C(=O)OCC)ccn3)n2)c1. The first-order valence-electron chi connectivity index (χ1n) is 13.5. The van der Waals surface area contributed by atoms with Gasteiger partial charge >= 0.3 is 11.9 Å². The summed E-state index contributed by atoms with van der Waals surface area (Å²) >= 11 is 0. The van der Waals surface area contributed by atoms with Crippen LogP contribution in [0.3, 0.4) is 0 Å². The number of ether oxygens (including phenoxy) is 4. The van der Waals surface area contributed by atoms with Crippen LogP contribution in [0.15, 0.2) is 67.0 Å². The lowest BCUT2D eigenvalue weighted by Gasteiger charge is -2.13. The van der Waals surface area contributed by atoms with E-state index >= 15 is 0 Å². The fraction of sp³-hybridized carbons (Fsp3) is 0.281. The summed E-state index contributed by atoms with van der Waals surface area (Å²) in [5, 5.41) is 0. The molecule has 41 heavy (non-hydrogen) atoms. The Kier molecular flexibility index (Phi) is 12.6. The van der Waals surface area contributed by atoms with Crippen LogP contribution < -0.4 is 0 Å². The van der Waals surface area contributed by atoms with Gasteiger partial charge in [0.2, 0.25) is 0 Å². The Hall–Kier alpha value is -4.47. The van der Waals surface area contributed by atoms with E-state index < -0.39 is 18.2 Å². The standard InChI is InChI=1S/C32H35N3O6/c1-5-38-30(36)12-9-23-15-17-33-26(19-23)28-21-25(11-14-32(40-7-3)41-8-4)22-29(35-28)27-20-24(16-18-34-27)10-13-31(37)39-6-2/h9-22,32H,5-8H2,1-4H3/b12-9+,13-10+,14-11+. The highest BCUT2D eigenvalue weighted by atomic mass is 16.7. The zero-order valence-corrected chi connectivity index (χ0v) is 23.8. The lowest BCUT2D eigenvalue weighted by Crippen LogP contribution is -2.13. The van der Waals surface area contributed by atoms with Crippen LogP contribution in [0.2, 0.25) is 0 Å². The summed E-state index contributed by atoms with van der Waals surface area (Å²) in [5.74, 6) is -0.834. The lowest BCUT2D eigenvalue weighted by atomic mass is 10.1. The molecule has 214 valence electrons. The van der Waals surface area contributed by atoms with Crippen LogP contribution in [0.5, 0.6) is 0 Å². The molecule has 0 N–H and O–H groups in total. The third kappa shape index (κ3) is 10.2. The maximum absolute atomic E-state index is 11.8. The molecule has 3 heterocycles. The smallest absolute Gasteiger partial charge is 0.330 e. The van der Waals surface area contributed by atoms with Gasteiger partial charge in [0.15, 0.2) is 6.29 Å². The molecule has 0 aliphatic rings. The molecule has 0 aromatic carbocycles. The van der Waals surface area contributed by atoms with E-state index in [2.05, 4.69) is 9.97 Å². The zero-order chi connectivity index (χ0) is 29.5. The van der Waals surface area contributed by atoms with Crippen molar-refractivity contribution in [2.45, 2.75) is 34.0 Å². The van der Waals surface area contributed by atoms with Gasteiger partial charge in [-0.1, -0.05) is 6.08 Å². The van der Waals surface area contributed by atoms with Gasteiger partial charge in [-0.15, -0.1) is 0 Å². The minimum atomic E-state index is -0.492. The van der Waals surface area contributed by atoms with Crippen LogP contribution in [0.1, 0.15) is 44.4 Å². The van der Waals surface area contributed by atoms with Crippen molar-refractivity contribution in [3.8, 4) is 22.8 Å². The Morgan fingerprint density at radius 3 is 1.56 bits per heavy atom. The number of pyridine rings is 3. The second-order valence-corrected chi connectivity index (χ2v) is 8.43. The average molecular weight is 558 g/mol. The van der Waals surface area contributed by atoms with E-state index in [9.17, 15) is 9.59 Å². The number of rotatable bonds is 14. The molecule has 9 nitrogen and oxygen atoms in total. The fourth-order valence-corrected chi connectivity index (χ4v) is 3.68. The molecule has 0 aliphatic heterocycles. The number of hydrogen-bond acceptors (Lipinski definition) is 9. The molecule has 9 heteroatoms. The van der Waals surface area contributed by atoms with E-state index in [0.29, 0.717) is 49.2 Å². The Morgan fingerprint density at radius 1 is 0.659 bits per heavy atom. The van der Waals surface area contributed by atoms with Crippen molar-refractivity contribution in [1.29, 1.82) is 0 Å². The Bertz CT molecular complexity index is 1300. The van der Waals surface area contributed by atoms with Gasteiger partial charge in [-0.25, -0.2) is 14.6 Å². The Balaban J connectivity index is 2.04. The summed E-state index contributed by atoms with van der Waals surface area (Å²) in [5.41, 5.74) is 4.79. The Morgan fingerprint density at radius 2 is 1.12 bits per heavy atom. The maximum atomic E-state index is 11.8. The van der Waals surface area contributed by atoms with Gasteiger partial charge in [0.1, 0.15) is 0 Å². The fourth-order valence-electron chi connectivity index (χ4n) is 3.68. The molecule has 0 aliphatic carbocycles. The van der Waals surface area contributed by atoms with Crippen molar-refractivity contribution in [2.24, 2.45) is 0 Å². The Labute approximate surface area is 240 Å². The molecule has 0 unspecified atom stereocenters. The molecule has 0 amide bonds. The van der Waals surface area contributed by atoms with Crippen LogP contribution in [-0.4, -0.2) is 59.6 Å². The number of esters is 2. The molecule has 0 bridgehead atoms. The first-order chi connectivity index (χ1) is 19.9. The monoisotopic (exact) mass is 557 g/mol. The molecule has 3 rings (SSSR count). The second-order valence-electron chi connectivity index (χ2n) is 8.43. The second kappa shape index (κ2) is 16.6. The summed E-state index contributed by atoms with van der Waals surface area (Å²) in [7, 11) is 0. The van der Waals surface area contributed by atoms with Gasteiger partial charge < -0.3 is 18.9 Å². The van der Waals surface area contributed by atoms with E-state index in [4.69, 9.17) is 23.9 Å². The molecule has 0 saturated carbocycles. The number of carbonyl (C=O) groups excluding carboxylic acids is 2. The van der Waals surface area contributed by atoms with Gasteiger partial charge in [0.05, 0.1) is 36.0 Å². The van der Waals surface area contributed by atoms with E-state index in [1.165, 1.54) is 12.2 Å². The predicted octanol–water partition coefficient (Wildman–Crippen LogP) is 5.77. The van der Waals surface area contributed by atoms with Crippen LogP contribution >= 0.6 is 0 Å². The normalized spacial score (nSPS) is 11.6. The quantitative estimate of drug-likeness (QED) is 0.139. The third-order valence-electron chi connectivity index (χ3n) is 5.45. The van der Waals surface area contributed by atoms with E-state index in [1.54, 1.807) is 50.5 Å². The number of carbonyl (C=O) groups is 2. The van der Waals surface area contributed by atoms with Crippen molar-refractivity contribution >= 4 is 30.2 Å². The molecule has 0 spiro atoms. The maximum Gasteiger partial charge on any atom is 0.330 e. The van der Waals surface area contributed by atoms with Crippen molar-refractivity contribution in [3.63, 3.8) is 0 Å². The predicted molar refractivity (Wildman–Crippen MR) is 158 cm³/mol. The first-order valence-corrected chi connectivity index (χ1v) is 13.5. The number of nitrogens with zero attached hydrogens (tertiary/aromatic N) is 3. The minimum absolute atomic E-state index is 0.305. The molecule has 0 fully saturated rings. The van der Waals surface area contributed by atoms with Crippen molar-refractivity contribution in [2.75, 3.05) is 26.4 Å². The van der Waals surface area contributed by atoms with Crippen LogP contribution in [0, 0.1) is 0 Å². The molecule has 0 radical (unpaired) electrons. The minimum Gasteiger partial charge on any atom is -0.463 e. The highest BCUT2D eigenvalue weighted by Gasteiger charge is 2.11. The van der Waals surface area contributed by atoms with Crippen molar-refractivity contribution in [3.05, 3.63) is 83.7 Å². The van der Waals surface area contributed by atoms with E-state index in [1.807, 2.05) is 50.3 Å². The summed E-state index contributed by atoms with van der Waals surface area (Å²) in [6, 6.07) is 11.1. The molecular weight excluding hydrogens is 522 g/mol. The summed E-state index contributed by atoms with van der Waals surface area (Å²) in [4.78, 5) is 37.4. The highest BCUT2D eigenvalue weighted by molar-refractivity contribution is 5.88. The van der Waals surface area contributed by atoms with E-state index in [-0.39, 0.29) is 0 Å². The van der Waals surface area contributed by atoms with Gasteiger partial charge in [-0.2, -0.15) is 0 Å². The van der Waals surface area contributed by atoms with Crippen molar-refractivity contribution in [1.82, 2.24) is 15.0 Å². The molecular formula is C32H35N3O6. The molecule has 0 atom stereocenters. The summed E-state index contributed by atoms with van der Waals surface area (Å²) < 4.78 is 21.2. The lowest BCUT2D eigenvalue weighted by molar-refractivity contribution is -0.138.